The summed E-state index contributed by atoms with van der Waals surface area (Å²) in [6.07, 6.45) is 0. The lowest BCUT2D eigenvalue weighted by Gasteiger charge is -2.25. The highest BCUT2D eigenvalue weighted by atomic mass is 32.2. The molecule has 16 heavy (non-hydrogen) atoms. The number of benzene rings is 1. The molecule has 1 aliphatic heterocycles. The maximum atomic E-state index is 11.8. The molecule has 1 fully saturated rings. The van der Waals surface area contributed by atoms with Crippen LogP contribution in [0.4, 0.5) is 0 Å². The highest BCUT2D eigenvalue weighted by Gasteiger charge is 2.21. The normalized spacial score (nSPS) is 18.5. The summed E-state index contributed by atoms with van der Waals surface area (Å²) in [6.45, 7) is 2.63. The third-order valence-corrected chi connectivity index (χ3v) is 3.57. The molecule has 1 N–H and O–H groups in total. The van der Waals surface area contributed by atoms with E-state index in [2.05, 4.69) is 5.32 Å². The van der Waals surface area contributed by atoms with Crippen molar-refractivity contribution in [3.63, 3.8) is 0 Å². The van der Waals surface area contributed by atoms with E-state index < -0.39 is 10.1 Å². The third-order valence-electron chi connectivity index (χ3n) is 2.31. The molecule has 2 rings (SSSR count). The lowest BCUT2D eigenvalue weighted by Crippen LogP contribution is -2.44. The van der Waals surface area contributed by atoms with Gasteiger partial charge in [0.05, 0.1) is 4.90 Å². The van der Waals surface area contributed by atoms with Crippen LogP contribution in [0.5, 0.6) is 0 Å². The monoisotopic (exact) mass is 242 g/mol. The topological polar surface area (TPSA) is 58.6 Å². The molecule has 0 aliphatic carbocycles. The molecule has 0 bridgehead atoms. The average molecular weight is 242 g/mol. The van der Waals surface area contributed by atoms with Crippen LogP contribution in [0.25, 0.3) is 0 Å². The van der Waals surface area contributed by atoms with Gasteiger partial charge in [0.2, 0.25) is 0 Å². The van der Waals surface area contributed by atoms with Crippen LogP contribution in [-0.2, 0) is 14.4 Å². The Morgan fingerprint density at radius 2 is 1.75 bits per heavy atom. The largest absolute Gasteiger partial charge is 0.314 e. The molecule has 1 aromatic rings. The van der Waals surface area contributed by atoms with Crippen LogP contribution in [0.1, 0.15) is 0 Å². The van der Waals surface area contributed by atoms with Gasteiger partial charge in [-0.15, -0.1) is 0 Å². The number of hydroxylamine groups is 2. The van der Waals surface area contributed by atoms with Crippen molar-refractivity contribution in [2.75, 3.05) is 26.2 Å². The van der Waals surface area contributed by atoms with Gasteiger partial charge in [-0.25, -0.2) is 0 Å². The van der Waals surface area contributed by atoms with Gasteiger partial charge < -0.3 is 5.32 Å². The fraction of sp³-hybridized carbons (Fsp3) is 0.400. The standard InChI is InChI=1S/C10H14N2O3S/c13-16(14,10-4-2-1-3-5-10)15-12-8-6-11-7-9-12/h1-5,11H,6-9H2. The van der Waals surface area contributed by atoms with Crippen LogP contribution >= 0.6 is 0 Å². The molecule has 0 radical (unpaired) electrons. The van der Waals surface area contributed by atoms with Gasteiger partial charge in [0.1, 0.15) is 0 Å². The molecule has 0 atom stereocenters. The number of nitrogens with one attached hydrogen (secondary N) is 1. The van der Waals surface area contributed by atoms with Gasteiger partial charge in [0.25, 0.3) is 0 Å². The van der Waals surface area contributed by atoms with Gasteiger partial charge in [-0.05, 0) is 12.1 Å². The minimum absolute atomic E-state index is 0.188. The number of hydrogen-bond acceptors (Lipinski definition) is 5. The molecule has 0 spiro atoms. The molecule has 0 saturated carbocycles. The lowest BCUT2D eigenvalue weighted by atomic mass is 10.4. The van der Waals surface area contributed by atoms with Gasteiger partial charge in [0, 0.05) is 26.2 Å². The highest BCUT2D eigenvalue weighted by molar-refractivity contribution is 7.86. The summed E-state index contributed by atoms with van der Waals surface area (Å²) in [5.41, 5.74) is 0. The second-order valence-electron chi connectivity index (χ2n) is 3.52. The second kappa shape index (κ2) is 4.92. The zero-order chi connectivity index (χ0) is 11.4. The van der Waals surface area contributed by atoms with Crippen LogP contribution in [0, 0.1) is 0 Å². The van der Waals surface area contributed by atoms with Crippen molar-refractivity contribution >= 4 is 10.1 Å². The van der Waals surface area contributed by atoms with Crippen LogP contribution in [0.15, 0.2) is 35.2 Å². The van der Waals surface area contributed by atoms with E-state index in [1.54, 1.807) is 18.2 Å². The molecule has 88 valence electrons. The summed E-state index contributed by atoms with van der Waals surface area (Å²) >= 11 is 0. The Bertz CT molecular complexity index is 427. The van der Waals surface area contributed by atoms with Gasteiger partial charge in [-0.3, -0.25) is 0 Å². The van der Waals surface area contributed by atoms with Crippen molar-refractivity contribution in [1.82, 2.24) is 10.4 Å². The molecular formula is C10H14N2O3S. The third kappa shape index (κ3) is 2.79. The fourth-order valence-electron chi connectivity index (χ4n) is 1.49. The molecule has 0 unspecified atom stereocenters. The smallest absolute Gasteiger partial charge is 0.313 e. The minimum Gasteiger partial charge on any atom is -0.314 e. The predicted octanol–water partition coefficient (Wildman–Crippen LogP) is 0.212. The van der Waals surface area contributed by atoms with Crippen LogP contribution in [-0.4, -0.2) is 39.7 Å². The summed E-state index contributed by atoms with van der Waals surface area (Å²) in [5.74, 6) is 0. The van der Waals surface area contributed by atoms with E-state index in [0.717, 1.165) is 13.1 Å². The fourth-order valence-corrected chi connectivity index (χ4v) is 2.49. The predicted molar refractivity (Wildman–Crippen MR) is 59.2 cm³/mol. The molecule has 0 aromatic heterocycles. The summed E-state index contributed by atoms with van der Waals surface area (Å²) in [5, 5.41) is 4.59. The SMILES string of the molecule is O=S(=O)(ON1CCNCC1)c1ccccc1. The molecule has 0 amide bonds. The first-order valence-corrected chi connectivity index (χ1v) is 6.55. The van der Waals surface area contributed by atoms with E-state index in [-0.39, 0.29) is 4.90 Å². The lowest BCUT2D eigenvalue weighted by molar-refractivity contribution is -0.0597. The van der Waals surface area contributed by atoms with Gasteiger partial charge in [-0.1, -0.05) is 18.2 Å². The number of rotatable bonds is 3. The molecule has 5 nitrogen and oxygen atoms in total. The van der Waals surface area contributed by atoms with E-state index in [1.165, 1.54) is 17.2 Å². The van der Waals surface area contributed by atoms with E-state index in [4.69, 9.17) is 4.28 Å². The van der Waals surface area contributed by atoms with Gasteiger partial charge in [-0.2, -0.15) is 17.8 Å². The van der Waals surface area contributed by atoms with Gasteiger partial charge in [0.15, 0.2) is 0 Å². The van der Waals surface area contributed by atoms with Crippen molar-refractivity contribution in [2.24, 2.45) is 0 Å². The Hall–Kier alpha value is -0.950. The number of piperazine rings is 1. The molecule has 1 aliphatic rings. The maximum Gasteiger partial charge on any atom is 0.313 e. The maximum absolute atomic E-state index is 11.8. The zero-order valence-electron chi connectivity index (χ0n) is 8.80. The first kappa shape index (κ1) is 11.5. The van der Waals surface area contributed by atoms with Crippen molar-refractivity contribution in [2.45, 2.75) is 4.90 Å². The van der Waals surface area contributed by atoms with Crippen molar-refractivity contribution < 1.29 is 12.7 Å². The van der Waals surface area contributed by atoms with Crippen molar-refractivity contribution in [3.8, 4) is 0 Å². The quantitative estimate of drug-likeness (QED) is 0.821. The Labute approximate surface area is 95.1 Å². The average Bonchev–Trinajstić information content (AvgIpc) is 2.31. The van der Waals surface area contributed by atoms with Crippen LogP contribution < -0.4 is 5.32 Å². The van der Waals surface area contributed by atoms with Crippen molar-refractivity contribution in [1.29, 1.82) is 0 Å². The Kier molecular flexibility index (Phi) is 3.55. The minimum atomic E-state index is -3.66. The van der Waals surface area contributed by atoms with E-state index in [9.17, 15) is 8.42 Å². The molecule has 1 saturated heterocycles. The summed E-state index contributed by atoms with van der Waals surface area (Å²) in [7, 11) is -3.66. The summed E-state index contributed by atoms with van der Waals surface area (Å²) in [6, 6.07) is 8.17. The van der Waals surface area contributed by atoms with Crippen molar-refractivity contribution in [3.05, 3.63) is 30.3 Å². The first-order valence-electron chi connectivity index (χ1n) is 5.14. The first-order chi connectivity index (χ1) is 7.68. The number of nitrogens with zero attached hydrogens (tertiary/aromatic N) is 1. The molecule has 1 heterocycles. The molecular weight excluding hydrogens is 228 g/mol. The summed E-state index contributed by atoms with van der Waals surface area (Å²) in [4.78, 5) is 0.188. The molecule has 1 aromatic carbocycles. The summed E-state index contributed by atoms with van der Waals surface area (Å²) < 4.78 is 28.7. The van der Waals surface area contributed by atoms with E-state index in [1.807, 2.05) is 0 Å². The van der Waals surface area contributed by atoms with Gasteiger partial charge >= 0.3 is 10.1 Å². The number of hydrogen-bond donors (Lipinski definition) is 1. The highest BCUT2D eigenvalue weighted by Crippen LogP contribution is 2.13. The van der Waals surface area contributed by atoms with E-state index >= 15 is 0 Å². The Morgan fingerprint density at radius 3 is 2.38 bits per heavy atom. The van der Waals surface area contributed by atoms with Crippen LogP contribution in [0.3, 0.4) is 0 Å². The Balaban J connectivity index is 2.08. The second-order valence-corrected chi connectivity index (χ2v) is 5.05. The Morgan fingerprint density at radius 1 is 1.12 bits per heavy atom. The van der Waals surface area contributed by atoms with Crippen LogP contribution in [0.2, 0.25) is 0 Å². The molecule has 6 heteroatoms. The zero-order valence-corrected chi connectivity index (χ0v) is 9.61. The van der Waals surface area contributed by atoms with E-state index in [0.29, 0.717) is 13.1 Å².